The maximum Gasteiger partial charge on any atom is 0.408 e. The van der Waals surface area contributed by atoms with Crippen molar-refractivity contribution < 1.29 is 127 Å². The van der Waals surface area contributed by atoms with E-state index in [9.17, 15) is 43.2 Å². The van der Waals surface area contributed by atoms with E-state index in [1.807, 2.05) is 115 Å². The first-order valence-corrected chi connectivity index (χ1v) is 47.0. The number of halogens is 3. The Morgan fingerprint density at radius 1 is 0.395 bits per heavy atom. The number of aryl methyl sites for hydroxylation is 3. The molecule has 0 spiro atoms. The molecule has 15 rings (SSSR count). The first-order valence-electron chi connectivity index (χ1n) is 45.8. The number of carbonyl (C=O) groups is 6. The monoisotopic (exact) mass is 1940 g/mol. The molecule has 6 aliphatic heterocycles. The van der Waals surface area contributed by atoms with Gasteiger partial charge >= 0.3 is 18.3 Å². The predicted octanol–water partition coefficient (Wildman–Crippen LogP) is 17.4. The van der Waals surface area contributed by atoms with Gasteiger partial charge in [0, 0.05) is 76.7 Å². The van der Waals surface area contributed by atoms with Gasteiger partial charge < -0.3 is 73.5 Å². The normalized spacial score (nSPS) is 29.8. The number of nitrogens with one attached hydrogen (secondary N) is 3. The van der Waals surface area contributed by atoms with Gasteiger partial charge in [-0.05, 0) is 217 Å². The predicted molar refractivity (Wildman–Crippen MR) is 480 cm³/mol. The van der Waals surface area contributed by atoms with Crippen LogP contribution in [0.5, 0.6) is 17.6 Å². The standard InChI is InChI=1S/C33H44ClN4O5.C32H42ClN4O5.C31H40ClN4O5.3V/c1-6-22-26(19-39)38-18-27(22)42-29-24(35-23-15-14-21(34)17-25(23)36-29)13-9-7-8-11-20-12-10-16-33(20,5)43-31(41)37-28(30(38)40)32(2,3)4;1-5-21-25(18-38)37-17-27(21)41-29-23(34-22-15-14-20(33)16-24(22)35-29)12-8-6-7-10-19-11-9-13-26(19)42-31(40)36-28(30(37)39)32(2,3)4;1-6-20-24(17-37)36-16-25(20)40-27-22(33-21-13-12-19(32)14-23(21)34-27)11-9-7-8-10-18-15-31(18,5)41-29(39)35-26(28(36)38)30(2,3)4;;;/h14-15,17,20,22,26-28H,6-13,16,18H2,1-5H3,(H,37,41);14-16,19,21,25-28H,5-13,17H2,1-4H3,(H,36,40);12-14,18,20,24-26H,6-11,15-16H2,1-5H3,(H,35,39);;;/q3*-1;;;/t20-,22+,26-,27+,28-,33-;19-,21+,25-,26-,27+,28-;18-,20+,24-,25+,26-,31-;;;/m111.../s1. The summed E-state index contributed by atoms with van der Waals surface area (Å²) in [4.78, 5) is 153. The number of carbonyl (C=O) groups excluding carboxylic acids is 9. The number of hydrogen-bond acceptors (Lipinski definition) is 21. The Morgan fingerprint density at radius 2 is 0.729 bits per heavy atom. The number of ether oxygens (including phenoxy) is 6. The largest absolute Gasteiger partial charge is 0.540 e. The summed E-state index contributed by atoms with van der Waals surface area (Å²) in [5.74, 6) is 0.115. The number of fused-ring (bicyclic) bond motifs is 15. The van der Waals surface area contributed by atoms with Gasteiger partial charge in [-0.1, -0.05) is 194 Å². The molecule has 9 aliphatic rings. The van der Waals surface area contributed by atoms with E-state index >= 15 is 0 Å². The maximum absolute atomic E-state index is 14.2. The third kappa shape index (κ3) is 24.6. The molecule has 6 bridgehead atoms. The smallest absolute Gasteiger partial charge is 0.408 e. The van der Waals surface area contributed by atoms with Gasteiger partial charge in [-0.2, -0.15) is 0 Å². The zero-order valence-corrected chi connectivity index (χ0v) is 83.3. The van der Waals surface area contributed by atoms with Gasteiger partial charge in [0.25, 0.3) is 0 Å². The topological polar surface area (TPSA) is 332 Å². The second kappa shape index (κ2) is 44.4. The fraction of sp³-hybridized carbons (Fsp3) is 0.656. The van der Waals surface area contributed by atoms with Crippen LogP contribution in [-0.4, -0.2) is 191 Å². The number of hydrogen-bond donors (Lipinski definition) is 3. The number of nitrogens with zero attached hydrogens (tertiary/aromatic N) is 9. The Hall–Kier alpha value is -7.07. The van der Waals surface area contributed by atoms with Gasteiger partial charge in [-0.25, -0.2) is 63.1 Å². The molecule has 129 heavy (non-hydrogen) atoms. The molecule has 3 aromatic heterocycles. The number of alkyl carbamates (subject to hydrolysis) is 3. The molecule has 6 amide bonds. The Kier molecular flexibility index (Phi) is 35.8. The van der Waals surface area contributed by atoms with Gasteiger partial charge in [0.15, 0.2) is 0 Å². The van der Waals surface area contributed by atoms with Crippen molar-refractivity contribution >= 4 is 123 Å². The van der Waals surface area contributed by atoms with Crippen molar-refractivity contribution in [3.05, 3.63) is 86.7 Å². The summed E-state index contributed by atoms with van der Waals surface area (Å²) in [7, 11) is 0. The van der Waals surface area contributed by atoms with Gasteiger partial charge in [0.05, 0.1) is 52.7 Å². The Balaban J connectivity index is 0.000000199. The molecule has 0 unspecified atom stereocenters. The van der Waals surface area contributed by atoms with Crippen LogP contribution in [0.25, 0.3) is 33.1 Å². The van der Waals surface area contributed by atoms with Gasteiger partial charge in [-0.15, -0.1) is 0 Å². The van der Waals surface area contributed by atoms with Crippen LogP contribution in [-0.2, 0) is 118 Å². The van der Waals surface area contributed by atoms with Crippen molar-refractivity contribution in [2.75, 3.05) is 19.6 Å². The fourth-order valence-electron chi connectivity index (χ4n) is 20.2. The molecular weight excluding hydrogens is 1820 g/mol. The summed E-state index contributed by atoms with van der Waals surface area (Å²) in [5, 5.41) is 10.3. The van der Waals surface area contributed by atoms with Crippen molar-refractivity contribution in [1.82, 2.24) is 60.6 Å². The average Bonchev–Trinajstić information content (AvgIpc) is 1.59. The molecule has 3 aliphatic carbocycles. The summed E-state index contributed by atoms with van der Waals surface area (Å²) in [5.41, 5.74) is 3.36. The molecule has 27 nitrogen and oxygen atoms in total. The SMILES string of the molecule is CC[C@@H]1[C@@H]2CN(C(=O)[C@H](C(C)(C)C)NC(=O)O[C@@H]3CCC[C@H]3CCCCCc3nc4ccc(Cl)cc4nc3O2)[C@@H]1[C-]=O.CC[C@@H]1[C@@H]2CN(C(=O)[C@H](C(C)(C)C)NC(=O)O[C@]3(C)CCC[C@H]3CCCCCc3nc4ccc(Cl)cc4nc3O2)[C@@H]1[C-]=O.CC[C@@H]1[C@@H]2CN(C(=O)[C@H](C(C)(C)C)NC(=O)O[C@]3(C)C[C@H]3CCCCCc3nc4ccc(Cl)cc4nc3O2)[C@@H]1[C-]=O.[V].[V].[V]. The molecule has 699 valence electrons. The maximum atomic E-state index is 14.2. The zero-order chi connectivity index (χ0) is 90.5. The molecule has 3 aromatic carbocycles. The van der Waals surface area contributed by atoms with Crippen LogP contribution < -0.4 is 30.2 Å². The van der Waals surface area contributed by atoms with E-state index in [-0.39, 0.29) is 123 Å². The van der Waals surface area contributed by atoms with E-state index in [4.69, 9.17) is 93.1 Å². The van der Waals surface area contributed by atoms with E-state index in [0.717, 1.165) is 156 Å². The van der Waals surface area contributed by atoms with E-state index < -0.39 is 100 Å². The molecule has 18 atom stereocenters. The van der Waals surface area contributed by atoms with Crippen LogP contribution in [0.1, 0.15) is 255 Å². The Morgan fingerprint density at radius 3 is 1.09 bits per heavy atom. The minimum absolute atomic E-state index is 0. The summed E-state index contributed by atoms with van der Waals surface area (Å²) in [6.07, 6.45) is 24.8. The Bertz CT molecular complexity index is 4990. The molecular formula is C96H126Cl3N12O15V3-3. The molecule has 3 saturated heterocycles. The second-order valence-electron chi connectivity index (χ2n) is 39.8. The quantitative estimate of drug-likeness (QED) is 0.103. The molecule has 9 heterocycles. The minimum Gasteiger partial charge on any atom is -0.540 e. The summed E-state index contributed by atoms with van der Waals surface area (Å²) in [6.45, 7) is 27.4. The van der Waals surface area contributed by atoms with Crippen molar-refractivity contribution in [3.63, 3.8) is 0 Å². The third-order valence-corrected chi connectivity index (χ3v) is 28.4. The number of rotatable bonds is 6. The van der Waals surface area contributed by atoms with Crippen LogP contribution in [0.2, 0.25) is 15.1 Å². The second-order valence-corrected chi connectivity index (χ2v) is 41.1. The number of benzene rings is 3. The van der Waals surface area contributed by atoms with E-state index in [2.05, 4.69) is 34.8 Å². The minimum atomic E-state index is -0.910. The summed E-state index contributed by atoms with van der Waals surface area (Å²) < 4.78 is 37.5. The molecule has 6 fully saturated rings. The van der Waals surface area contributed by atoms with E-state index in [1.165, 1.54) is 14.7 Å². The van der Waals surface area contributed by atoms with Crippen LogP contribution in [0.15, 0.2) is 54.6 Å². The Labute approximate surface area is 809 Å². The van der Waals surface area contributed by atoms with Crippen molar-refractivity contribution in [1.29, 1.82) is 0 Å². The zero-order valence-electron chi connectivity index (χ0n) is 76.9. The molecule has 6 aromatic rings. The molecule has 3 saturated carbocycles. The average molecular weight is 1950 g/mol. The molecule has 3 radical (unpaired) electrons. The van der Waals surface area contributed by atoms with Gasteiger partial charge in [0.1, 0.15) is 70.8 Å². The van der Waals surface area contributed by atoms with Crippen LogP contribution in [0, 0.1) is 51.8 Å². The number of amides is 6. The van der Waals surface area contributed by atoms with Crippen molar-refractivity contribution in [2.45, 2.75) is 329 Å². The summed E-state index contributed by atoms with van der Waals surface area (Å²) >= 11 is 18.8. The van der Waals surface area contributed by atoms with Gasteiger partial charge in [-0.3, -0.25) is 14.4 Å². The van der Waals surface area contributed by atoms with E-state index in [1.54, 1.807) is 36.4 Å². The molecule has 3 N–H and O–H groups in total. The van der Waals surface area contributed by atoms with Crippen LogP contribution in [0.4, 0.5) is 14.4 Å². The van der Waals surface area contributed by atoms with Crippen LogP contribution >= 0.6 is 34.8 Å². The third-order valence-electron chi connectivity index (χ3n) is 27.7. The van der Waals surface area contributed by atoms with Gasteiger partial charge in [0.2, 0.25) is 35.4 Å². The molecule has 33 heteroatoms. The summed E-state index contributed by atoms with van der Waals surface area (Å²) in [6, 6.07) is 11.1. The van der Waals surface area contributed by atoms with Crippen molar-refractivity contribution in [2.24, 2.45) is 51.8 Å². The van der Waals surface area contributed by atoms with Crippen LogP contribution in [0.3, 0.4) is 0 Å². The first-order chi connectivity index (χ1) is 59.9. The fourth-order valence-corrected chi connectivity index (χ4v) is 20.7. The van der Waals surface area contributed by atoms with Crippen molar-refractivity contribution in [3.8, 4) is 17.6 Å². The number of aromatic nitrogens is 6. The van der Waals surface area contributed by atoms with E-state index in [0.29, 0.717) is 99.6 Å². The first kappa shape index (κ1) is 104.